The molecule has 2 N–H and O–H groups in total. The molecule has 0 aliphatic carbocycles. The minimum absolute atomic E-state index is 0.0948. The van der Waals surface area contributed by atoms with E-state index < -0.39 is 67.6 Å². The van der Waals surface area contributed by atoms with Crippen molar-refractivity contribution in [3.05, 3.63) is 53.3 Å². The molecule has 0 spiro atoms. The highest BCUT2D eigenvalue weighted by Crippen LogP contribution is 2.31. The highest BCUT2D eigenvalue weighted by Gasteiger charge is 2.40. The third-order valence-electron chi connectivity index (χ3n) is 4.72. The molecule has 2 aromatic rings. The lowest BCUT2D eigenvalue weighted by Crippen LogP contribution is -2.43. The third kappa shape index (κ3) is 14.2. The Labute approximate surface area is 265 Å². The molecule has 0 saturated heterocycles. The second-order valence-corrected chi connectivity index (χ2v) is 12.1. The van der Waals surface area contributed by atoms with Gasteiger partial charge >= 0.3 is 33.9 Å². The van der Waals surface area contributed by atoms with Gasteiger partial charge in [-0.3, -0.25) is 38.5 Å². The van der Waals surface area contributed by atoms with Crippen LogP contribution in [0.25, 0.3) is 0 Å². The Morgan fingerprint density at radius 2 is 1.07 bits per heavy atom. The van der Waals surface area contributed by atoms with Gasteiger partial charge in [-0.1, -0.05) is 0 Å². The number of rotatable bonds is 2. The maximum atomic E-state index is 13.1. The molecule has 0 aliphatic heterocycles. The highest BCUT2D eigenvalue weighted by atomic mass is 127. The van der Waals surface area contributed by atoms with Gasteiger partial charge < -0.3 is 9.47 Å². The quantitative estimate of drug-likeness (QED) is 0.264. The molecular weight excluding hydrogens is 741 g/mol. The molecule has 0 aliphatic rings. The van der Waals surface area contributed by atoms with Crippen LogP contribution in [0.15, 0.2) is 25.2 Å². The maximum Gasteiger partial charge on any atom is 0.441 e. The van der Waals surface area contributed by atoms with Crippen LogP contribution in [0, 0.1) is 0 Å². The summed E-state index contributed by atoms with van der Waals surface area (Å²) < 4.78 is 79.0. The highest BCUT2D eigenvalue weighted by molar-refractivity contribution is 14.1. The van der Waals surface area contributed by atoms with E-state index in [2.05, 4.69) is 5.32 Å². The predicted octanol–water partition coefficient (Wildman–Crippen LogP) is 3.82. The van der Waals surface area contributed by atoms with Crippen LogP contribution in [0.4, 0.5) is 47.6 Å². The van der Waals surface area contributed by atoms with E-state index in [0.717, 1.165) is 29.3 Å². The third-order valence-corrected chi connectivity index (χ3v) is 4.72. The first-order valence-corrected chi connectivity index (χ1v) is 13.3. The summed E-state index contributed by atoms with van der Waals surface area (Å²) in [7, 11) is 4.73. The van der Waals surface area contributed by atoms with Crippen molar-refractivity contribution in [3.63, 3.8) is 0 Å². The van der Waals surface area contributed by atoms with Gasteiger partial charge in [0.2, 0.25) is 0 Å². The fraction of sp³-hybridized carbons (Fsp3) is 0.583. The van der Waals surface area contributed by atoms with E-state index in [9.17, 15) is 55.1 Å². The van der Waals surface area contributed by atoms with Crippen molar-refractivity contribution >= 4 is 46.4 Å². The van der Waals surface area contributed by atoms with E-state index >= 15 is 0 Å². The first kappa shape index (κ1) is 41.2. The molecule has 2 aromatic heterocycles. The SMILES string of the molecule is Cn1c(NC(=O)OC(C)(C)C)c(C(F)(F)F)c(=O)n(C)c1=O.Cn1c(NC(=O)OC(C)(C)C)cc(=O)n(C)c1=O.FC(F)(F)I. The summed E-state index contributed by atoms with van der Waals surface area (Å²) in [5.74, 6) is -0.868. The van der Waals surface area contributed by atoms with E-state index in [1.165, 1.54) is 34.9 Å². The molecule has 2 rings (SSSR count). The summed E-state index contributed by atoms with van der Waals surface area (Å²) in [4.78, 5) is 69.7. The van der Waals surface area contributed by atoms with Crippen molar-refractivity contribution in [1.82, 2.24) is 18.3 Å². The van der Waals surface area contributed by atoms with Gasteiger partial charge in [0.15, 0.2) is 5.56 Å². The molecule has 45 heavy (non-hydrogen) atoms. The number of anilines is 2. The van der Waals surface area contributed by atoms with Crippen molar-refractivity contribution in [2.75, 3.05) is 10.6 Å². The predicted molar refractivity (Wildman–Crippen MR) is 159 cm³/mol. The Morgan fingerprint density at radius 3 is 1.44 bits per heavy atom. The Morgan fingerprint density at radius 1 is 0.689 bits per heavy atom. The molecule has 0 saturated carbocycles. The lowest BCUT2D eigenvalue weighted by molar-refractivity contribution is -0.138. The van der Waals surface area contributed by atoms with Gasteiger partial charge in [-0.15, -0.1) is 0 Å². The van der Waals surface area contributed by atoms with E-state index in [1.807, 2.05) is 5.32 Å². The number of halogens is 7. The Hall–Kier alpha value is -3.79. The fourth-order valence-electron chi connectivity index (χ4n) is 2.91. The minimum atomic E-state index is -5.05. The number of hydrogen-bond acceptors (Lipinski definition) is 8. The lowest BCUT2D eigenvalue weighted by Gasteiger charge is -2.22. The van der Waals surface area contributed by atoms with Crippen LogP contribution in [0.2, 0.25) is 0 Å². The largest absolute Gasteiger partial charge is 0.444 e. The number of carbonyl (C=O) groups is 2. The van der Waals surface area contributed by atoms with Gasteiger partial charge in [-0.25, -0.2) is 19.2 Å². The molecule has 0 fully saturated rings. The molecule has 14 nitrogen and oxygen atoms in total. The van der Waals surface area contributed by atoms with E-state index in [0.29, 0.717) is 31.7 Å². The number of alkyl halides is 7. The topological polar surface area (TPSA) is 165 Å². The number of nitrogens with one attached hydrogen (secondary N) is 2. The van der Waals surface area contributed by atoms with Crippen LogP contribution >= 0.6 is 22.6 Å². The monoisotopic (exact) mass is 774 g/mol. The van der Waals surface area contributed by atoms with Gasteiger partial charge in [-0.2, -0.15) is 26.3 Å². The standard InChI is InChI=1S/C12H16F3N3O4.C11H17N3O4.CF3I/c1-11(2,3)22-9(20)16-7-6(12(13,14)15)8(19)18(5)10(21)17(7)4;1-11(2,3)18-9(16)12-7-6-8(15)14(5)10(17)13(7)4;2-1(3,4)5/h1-5H3,(H,16,20);6H,1-5H3,(H,12,16);. The van der Waals surface area contributed by atoms with Crippen molar-refractivity contribution in [2.24, 2.45) is 28.2 Å². The van der Waals surface area contributed by atoms with Crippen LogP contribution < -0.4 is 33.1 Å². The number of amides is 2. The normalized spacial score (nSPS) is 11.8. The number of hydrogen-bond donors (Lipinski definition) is 2. The molecule has 21 heteroatoms. The smallest absolute Gasteiger partial charge is 0.441 e. The average Bonchev–Trinajstić information content (AvgIpc) is 2.79. The summed E-state index contributed by atoms with van der Waals surface area (Å²) in [5.41, 5.74) is -6.84. The summed E-state index contributed by atoms with van der Waals surface area (Å²) in [6.45, 7) is 9.70. The summed E-state index contributed by atoms with van der Waals surface area (Å²) >= 11 is 0.378. The summed E-state index contributed by atoms with van der Waals surface area (Å²) in [5, 5.41) is 4.18. The molecule has 256 valence electrons. The second kappa shape index (κ2) is 15.0. The number of aromatic nitrogens is 4. The molecule has 2 heterocycles. The van der Waals surface area contributed by atoms with Crippen LogP contribution in [-0.2, 0) is 43.8 Å². The molecule has 0 aromatic carbocycles. The molecule has 0 unspecified atom stereocenters. The van der Waals surface area contributed by atoms with Gasteiger partial charge in [0.05, 0.1) is 0 Å². The van der Waals surface area contributed by atoms with Crippen LogP contribution in [-0.4, -0.2) is 45.8 Å². The maximum absolute atomic E-state index is 13.1. The second-order valence-electron chi connectivity index (χ2n) is 10.9. The van der Waals surface area contributed by atoms with E-state index in [4.69, 9.17) is 9.47 Å². The summed E-state index contributed by atoms with van der Waals surface area (Å²) in [6, 6.07) is 1.16. The van der Waals surface area contributed by atoms with Gasteiger partial charge in [0.1, 0.15) is 22.8 Å². The zero-order valence-electron chi connectivity index (χ0n) is 25.8. The molecular formula is C24H33F6IN6O8. The van der Waals surface area contributed by atoms with Crippen molar-refractivity contribution in [2.45, 2.75) is 63.1 Å². The van der Waals surface area contributed by atoms with Gasteiger partial charge in [-0.05, 0) is 41.5 Å². The minimum Gasteiger partial charge on any atom is -0.444 e. The van der Waals surface area contributed by atoms with E-state index in [1.54, 1.807) is 20.8 Å². The molecule has 0 atom stereocenters. The number of carbonyl (C=O) groups excluding carboxylic acids is 2. The Bertz CT molecular complexity index is 1620. The van der Waals surface area contributed by atoms with Gasteiger partial charge in [0.25, 0.3) is 11.1 Å². The van der Waals surface area contributed by atoms with Crippen molar-refractivity contribution in [3.8, 4) is 0 Å². The average molecular weight is 774 g/mol. The molecule has 2 amide bonds. The lowest BCUT2D eigenvalue weighted by atomic mass is 10.2. The Kier molecular flexibility index (Phi) is 13.7. The zero-order chi connectivity index (χ0) is 36.0. The molecule has 0 bridgehead atoms. The van der Waals surface area contributed by atoms with Gasteiger partial charge in [0, 0.05) is 56.8 Å². The number of nitrogens with zero attached hydrogens (tertiary/aromatic N) is 4. The summed E-state index contributed by atoms with van der Waals surface area (Å²) in [6.07, 6.45) is -6.98. The first-order valence-electron chi connectivity index (χ1n) is 12.3. The first-order chi connectivity index (χ1) is 19.9. The van der Waals surface area contributed by atoms with Crippen molar-refractivity contribution in [1.29, 1.82) is 0 Å². The van der Waals surface area contributed by atoms with Crippen LogP contribution in [0.3, 0.4) is 0 Å². The van der Waals surface area contributed by atoms with Crippen molar-refractivity contribution < 1.29 is 45.4 Å². The fourth-order valence-corrected chi connectivity index (χ4v) is 2.91. The van der Waals surface area contributed by atoms with E-state index in [-0.39, 0.29) is 5.82 Å². The molecule has 0 radical (unpaired) electrons. The van der Waals surface area contributed by atoms with Crippen LogP contribution in [0.5, 0.6) is 0 Å². The van der Waals surface area contributed by atoms with Crippen LogP contribution in [0.1, 0.15) is 47.1 Å². The zero-order valence-corrected chi connectivity index (χ0v) is 27.9. The number of ether oxygens (including phenoxy) is 2. The Balaban J connectivity index is 0.000000758.